The molecule has 1 aliphatic heterocycles. The molecule has 0 spiro atoms. The smallest absolute Gasteiger partial charge is 0.254 e. The van der Waals surface area contributed by atoms with Crippen LogP contribution in [0.25, 0.3) is 21.5 Å². The highest BCUT2D eigenvalue weighted by atomic mass is 32.1. The monoisotopic (exact) mass is 370 g/mol. The summed E-state index contributed by atoms with van der Waals surface area (Å²) < 4.78 is 0. The average Bonchev–Trinajstić information content (AvgIpc) is 3.27. The number of amides is 1. The third-order valence-corrected chi connectivity index (χ3v) is 6.03. The second-order valence-electron chi connectivity index (χ2n) is 6.79. The van der Waals surface area contributed by atoms with E-state index in [1.54, 1.807) is 11.3 Å². The number of thiophene rings is 1. The van der Waals surface area contributed by atoms with Crippen LogP contribution in [0, 0.1) is 0 Å². The molecule has 3 nitrogen and oxygen atoms in total. The molecule has 5 rings (SSSR count). The van der Waals surface area contributed by atoms with Gasteiger partial charge in [-0.15, -0.1) is 11.3 Å². The van der Waals surface area contributed by atoms with Gasteiger partial charge in [0.2, 0.25) is 0 Å². The fourth-order valence-corrected chi connectivity index (χ4v) is 4.43. The molecule has 4 heteroatoms. The number of fused-ring (bicyclic) bond motifs is 2. The van der Waals surface area contributed by atoms with Gasteiger partial charge in [-0.1, -0.05) is 48.5 Å². The van der Waals surface area contributed by atoms with Crippen molar-refractivity contribution in [1.82, 2.24) is 9.88 Å². The highest BCUT2D eigenvalue weighted by Crippen LogP contribution is 2.29. The molecule has 0 bridgehead atoms. The van der Waals surface area contributed by atoms with Crippen LogP contribution in [0.4, 0.5) is 0 Å². The zero-order valence-electron chi connectivity index (χ0n) is 14.8. The highest BCUT2D eigenvalue weighted by Gasteiger charge is 2.24. The predicted octanol–water partition coefficient (Wildman–Crippen LogP) is 5.16. The lowest BCUT2D eigenvalue weighted by Crippen LogP contribution is -2.36. The van der Waals surface area contributed by atoms with Crippen molar-refractivity contribution in [1.29, 1.82) is 0 Å². The van der Waals surface area contributed by atoms with E-state index >= 15 is 0 Å². The normalized spacial score (nSPS) is 13.6. The summed E-state index contributed by atoms with van der Waals surface area (Å²) in [5.74, 6) is 0.0842. The summed E-state index contributed by atoms with van der Waals surface area (Å²) in [5.41, 5.74) is 5.06. The zero-order valence-corrected chi connectivity index (χ0v) is 15.6. The van der Waals surface area contributed by atoms with Crippen molar-refractivity contribution in [3.05, 3.63) is 88.8 Å². The summed E-state index contributed by atoms with van der Waals surface area (Å²) in [5, 5.41) is 2.96. The van der Waals surface area contributed by atoms with Gasteiger partial charge < -0.3 is 4.90 Å². The standard InChI is InChI=1S/C23H18N2OS/c26-23(25-12-11-16-6-1-2-7-17(16)15-25)19-14-21(22-10-5-13-27-22)24-20-9-4-3-8-18(19)20/h1-10,13-14H,11-12,15H2. The predicted molar refractivity (Wildman–Crippen MR) is 110 cm³/mol. The average molecular weight is 370 g/mol. The second kappa shape index (κ2) is 6.63. The molecule has 132 valence electrons. The Morgan fingerprint density at radius 3 is 2.63 bits per heavy atom. The summed E-state index contributed by atoms with van der Waals surface area (Å²) in [6.45, 7) is 1.42. The Labute approximate surface area is 161 Å². The first-order chi connectivity index (χ1) is 13.3. The molecular weight excluding hydrogens is 352 g/mol. The molecule has 2 aromatic heterocycles. The third kappa shape index (κ3) is 2.92. The van der Waals surface area contributed by atoms with Crippen molar-refractivity contribution >= 4 is 28.1 Å². The van der Waals surface area contributed by atoms with E-state index in [4.69, 9.17) is 4.98 Å². The molecule has 0 fully saturated rings. The van der Waals surface area contributed by atoms with Gasteiger partial charge >= 0.3 is 0 Å². The number of nitrogens with zero attached hydrogens (tertiary/aromatic N) is 2. The Bertz CT molecular complexity index is 1130. The van der Waals surface area contributed by atoms with Crippen LogP contribution in [0.2, 0.25) is 0 Å². The molecule has 0 atom stereocenters. The number of carbonyl (C=O) groups is 1. The van der Waals surface area contributed by atoms with Crippen LogP contribution in [-0.4, -0.2) is 22.3 Å². The number of pyridine rings is 1. The molecular formula is C23H18N2OS. The molecule has 0 saturated heterocycles. The minimum atomic E-state index is 0.0842. The summed E-state index contributed by atoms with van der Waals surface area (Å²) >= 11 is 1.64. The van der Waals surface area contributed by atoms with E-state index in [9.17, 15) is 4.79 Å². The quantitative estimate of drug-likeness (QED) is 0.488. The molecule has 0 aliphatic carbocycles. The van der Waals surface area contributed by atoms with Crippen molar-refractivity contribution in [2.75, 3.05) is 6.54 Å². The molecule has 0 radical (unpaired) electrons. The molecule has 27 heavy (non-hydrogen) atoms. The molecule has 0 N–H and O–H groups in total. The third-order valence-electron chi connectivity index (χ3n) is 5.14. The fraction of sp³-hybridized carbons (Fsp3) is 0.130. The first-order valence-corrected chi connectivity index (χ1v) is 9.97. The Morgan fingerprint density at radius 1 is 0.963 bits per heavy atom. The lowest BCUT2D eigenvalue weighted by Gasteiger charge is -2.29. The molecule has 0 saturated carbocycles. The van der Waals surface area contributed by atoms with Gasteiger partial charge in [0.05, 0.1) is 21.7 Å². The number of para-hydroxylation sites is 1. The number of hydrogen-bond acceptors (Lipinski definition) is 3. The SMILES string of the molecule is O=C(c1cc(-c2cccs2)nc2ccccc12)N1CCc2ccccc2C1. The van der Waals surface area contributed by atoms with E-state index in [2.05, 4.69) is 18.2 Å². The van der Waals surface area contributed by atoms with Crippen molar-refractivity contribution in [3.8, 4) is 10.6 Å². The molecule has 2 aromatic carbocycles. The van der Waals surface area contributed by atoms with Crippen LogP contribution in [0.3, 0.4) is 0 Å². The number of aromatic nitrogens is 1. The van der Waals surface area contributed by atoms with Gasteiger partial charge in [-0.05, 0) is 41.1 Å². The van der Waals surface area contributed by atoms with Crippen molar-refractivity contribution in [3.63, 3.8) is 0 Å². The lowest BCUT2D eigenvalue weighted by molar-refractivity contribution is 0.0736. The van der Waals surface area contributed by atoms with Crippen molar-refractivity contribution in [2.24, 2.45) is 0 Å². The maximum atomic E-state index is 13.4. The van der Waals surface area contributed by atoms with Gasteiger partial charge in [0.25, 0.3) is 5.91 Å². The molecule has 1 amide bonds. The molecule has 3 heterocycles. The van der Waals surface area contributed by atoms with Crippen LogP contribution in [-0.2, 0) is 13.0 Å². The van der Waals surface area contributed by atoms with Crippen molar-refractivity contribution in [2.45, 2.75) is 13.0 Å². The Hall–Kier alpha value is -2.98. The summed E-state index contributed by atoms with van der Waals surface area (Å²) in [6.07, 6.45) is 0.905. The van der Waals surface area contributed by atoms with Gasteiger partial charge in [0, 0.05) is 18.5 Å². The zero-order chi connectivity index (χ0) is 18.2. The Morgan fingerprint density at radius 2 is 1.78 bits per heavy atom. The van der Waals surface area contributed by atoms with Crippen LogP contribution < -0.4 is 0 Å². The van der Waals surface area contributed by atoms with Crippen molar-refractivity contribution < 1.29 is 4.79 Å². The number of rotatable bonds is 2. The van der Waals surface area contributed by atoms with Gasteiger partial charge in [-0.25, -0.2) is 4.98 Å². The van der Waals surface area contributed by atoms with Gasteiger partial charge in [-0.3, -0.25) is 4.79 Å². The molecule has 0 unspecified atom stereocenters. The molecule has 4 aromatic rings. The van der Waals surface area contributed by atoms with Crippen LogP contribution >= 0.6 is 11.3 Å². The largest absolute Gasteiger partial charge is 0.334 e. The molecule has 1 aliphatic rings. The lowest BCUT2D eigenvalue weighted by atomic mass is 9.98. The Kier molecular flexibility index (Phi) is 3.98. The van der Waals surface area contributed by atoms with Gasteiger partial charge in [0.15, 0.2) is 0 Å². The fourth-order valence-electron chi connectivity index (χ4n) is 3.74. The number of benzene rings is 2. The van der Waals surface area contributed by atoms with E-state index in [0.29, 0.717) is 6.54 Å². The first kappa shape index (κ1) is 16.2. The first-order valence-electron chi connectivity index (χ1n) is 9.09. The Balaban J connectivity index is 1.59. The van der Waals surface area contributed by atoms with E-state index in [1.165, 1.54) is 11.1 Å². The van der Waals surface area contributed by atoms with E-state index in [-0.39, 0.29) is 5.91 Å². The van der Waals surface area contributed by atoms with Gasteiger partial charge in [0.1, 0.15) is 0 Å². The second-order valence-corrected chi connectivity index (χ2v) is 7.74. The van der Waals surface area contributed by atoms with E-state index in [1.807, 2.05) is 58.8 Å². The van der Waals surface area contributed by atoms with Crippen LogP contribution in [0.5, 0.6) is 0 Å². The van der Waals surface area contributed by atoms with E-state index < -0.39 is 0 Å². The van der Waals surface area contributed by atoms with Gasteiger partial charge in [-0.2, -0.15) is 0 Å². The van der Waals surface area contributed by atoms with Crippen LogP contribution in [0.15, 0.2) is 72.1 Å². The maximum absolute atomic E-state index is 13.4. The minimum Gasteiger partial charge on any atom is -0.334 e. The maximum Gasteiger partial charge on any atom is 0.254 e. The number of carbonyl (C=O) groups excluding carboxylic acids is 1. The summed E-state index contributed by atoms with van der Waals surface area (Å²) in [7, 11) is 0. The topological polar surface area (TPSA) is 33.2 Å². The van der Waals surface area contributed by atoms with Crippen LogP contribution in [0.1, 0.15) is 21.5 Å². The summed E-state index contributed by atoms with van der Waals surface area (Å²) in [6, 6.07) is 22.3. The highest BCUT2D eigenvalue weighted by molar-refractivity contribution is 7.13. The summed E-state index contributed by atoms with van der Waals surface area (Å²) in [4.78, 5) is 21.3. The number of hydrogen-bond donors (Lipinski definition) is 0. The van der Waals surface area contributed by atoms with E-state index in [0.717, 1.165) is 40.0 Å². The minimum absolute atomic E-state index is 0.0842.